The molecule has 2 amide bonds. The number of methoxy groups -OCH3 is 1. The van der Waals surface area contributed by atoms with Gasteiger partial charge in [0.2, 0.25) is 11.8 Å². The number of esters is 1. The minimum absolute atomic E-state index is 0.0201. The first-order valence-electron chi connectivity index (χ1n) is 15.1. The molecule has 2 atom stereocenters. The maximum absolute atomic E-state index is 13.8. The van der Waals surface area contributed by atoms with E-state index in [1.54, 1.807) is 0 Å². The van der Waals surface area contributed by atoms with Crippen molar-refractivity contribution in [3.05, 3.63) is 47.7 Å². The van der Waals surface area contributed by atoms with Crippen molar-refractivity contribution in [1.82, 2.24) is 10.2 Å². The van der Waals surface area contributed by atoms with Crippen molar-refractivity contribution in [2.75, 3.05) is 20.2 Å². The molecule has 1 saturated heterocycles. The fourth-order valence-electron chi connectivity index (χ4n) is 6.46. The summed E-state index contributed by atoms with van der Waals surface area (Å²) >= 11 is 0. The van der Waals surface area contributed by atoms with Crippen LogP contribution in [0.5, 0.6) is 0 Å². The van der Waals surface area contributed by atoms with Crippen LogP contribution in [-0.4, -0.2) is 42.9 Å². The van der Waals surface area contributed by atoms with E-state index >= 15 is 0 Å². The van der Waals surface area contributed by atoms with Crippen LogP contribution < -0.4 is 5.32 Å². The van der Waals surface area contributed by atoms with Gasteiger partial charge in [-0.2, -0.15) is 0 Å². The molecule has 1 aromatic carbocycles. The highest BCUT2D eigenvalue weighted by molar-refractivity contribution is 5.92. The lowest BCUT2D eigenvalue weighted by molar-refractivity contribution is -0.162. The van der Waals surface area contributed by atoms with Crippen molar-refractivity contribution in [2.45, 2.75) is 104 Å². The van der Waals surface area contributed by atoms with Gasteiger partial charge in [-0.15, -0.1) is 0 Å². The average molecular weight is 539 g/mol. The summed E-state index contributed by atoms with van der Waals surface area (Å²) in [6, 6.07) is 10.3. The number of fused-ring (bicyclic) bond motifs is 1. The first-order valence-corrected chi connectivity index (χ1v) is 15.1. The van der Waals surface area contributed by atoms with Crippen molar-refractivity contribution >= 4 is 17.8 Å². The molecule has 0 bridgehead atoms. The minimum atomic E-state index is -0.882. The van der Waals surface area contributed by atoms with Gasteiger partial charge in [-0.1, -0.05) is 89.3 Å². The number of carbonyl (C=O) groups excluding carboxylic acids is 3. The van der Waals surface area contributed by atoms with Gasteiger partial charge in [-0.25, -0.2) is 0 Å². The third-order valence-electron chi connectivity index (χ3n) is 8.42. The van der Waals surface area contributed by atoms with Crippen LogP contribution in [0.2, 0.25) is 0 Å². The van der Waals surface area contributed by atoms with E-state index in [0.29, 0.717) is 25.9 Å². The molecule has 2 aliphatic rings. The van der Waals surface area contributed by atoms with Gasteiger partial charge < -0.3 is 15.0 Å². The normalized spacial score (nSPS) is 22.2. The van der Waals surface area contributed by atoms with E-state index in [2.05, 4.69) is 44.3 Å². The van der Waals surface area contributed by atoms with E-state index < -0.39 is 11.3 Å². The molecule has 0 aromatic heterocycles. The van der Waals surface area contributed by atoms with Crippen LogP contribution in [-0.2, 0) is 25.5 Å². The van der Waals surface area contributed by atoms with Gasteiger partial charge in [-0.3, -0.25) is 14.4 Å². The van der Waals surface area contributed by atoms with Gasteiger partial charge in [0, 0.05) is 31.1 Å². The summed E-state index contributed by atoms with van der Waals surface area (Å²) in [7, 11) is 1.43. The molecule has 0 unspecified atom stereocenters. The minimum Gasteiger partial charge on any atom is -0.468 e. The van der Waals surface area contributed by atoms with Crippen molar-refractivity contribution in [1.29, 1.82) is 0 Å². The number of carbonyl (C=O) groups is 3. The second kappa shape index (κ2) is 14.7. The highest BCUT2D eigenvalue weighted by Crippen LogP contribution is 2.54. The third-order valence-corrected chi connectivity index (χ3v) is 8.42. The number of piperidine rings is 1. The topological polar surface area (TPSA) is 75.7 Å². The lowest BCUT2D eigenvalue weighted by atomic mass is 9.59. The molecule has 3 rings (SSSR count). The Bertz CT molecular complexity index is 987. The lowest BCUT2D eigenvalue weighted by Crippen LogP contribution is -2.56. The predicted octanol–water partition coefficient (Wildman–Crippen LogP) is 6.59. The fraction of sp³-hybridized carbons (Fsp3) is 0.667. The molecule has 1 fully saturated rings. The van der Waals surface area contributed by atoms with Gasteiger partial charge in [0.1, 0.15) is 5.41 Å². The number of likely N-dealkylation sites (tertiary alicyclic amines) is 1. The molecule has 1 aromatic rings. The van der Waals surface area contributed by atoms with E-state index in [9.17, 15) is 14.4 Å². The summed E-state index contributed by atoms with van der Waals surface area (Å²) in [5.74, 6) is -0.948. The van der Waals surface area contributed by atoms with E-state index in [4.69, 9.17) is 4.74 Å². The van der Waals surface area contributed by atoms with Crippen molar-refractivity contribution < 1.29 is 19.1 Å². The van der Waals surface area contributed by atoms with Crippen LogP contribution in [0, 0.1) is 16.7 Å². The zero-order chi connectivity index (χ0) is 28.3. The van der Waals surface area contributed by atoms with E-state index in [1.165, 1.54) is 31.9 Å². The average Bonchev–Trinajstić information content (AvgIpc) is 2.91. The van der Waals surface area contributed by atoms with Crippen molar-refractivity contribution in [2.24, 2.45) is 16.7 Å². The molecule has 1 N–H and O–H groups in total. The standard InChI is InChI=1S/C33H50N2O4/c1-5-6-7-8-9-15-22-35-28-19-20-32(2,3)25-33(28,31(38)39-4)24-27(30(35)37)23-29(36)34-21-14-13-18-26-16-11-10-12-17-26/h10-12,16-17,19,27H,5-9,13-15,18,20-25H2,1-4H3,(H,34,36)/t27-,33+/m0/s1. The zero-order valence-electron chi connectivity index (χ0n) is 24.7. The second-order valence-corrected chi connectivity index (χ2v) is 12.4. The molecule has 39 heavy (non-hydrogen) atoms. The Morgan fingerprint density at radius 1 is 1.03 bits per heavy atom. The van der Waals surface area contributed by atoms with E-state index in [0.717, 1.165) is 50.6 Å². The van der Waals surface area contributed by atoms with Crippen molar-refractivity contribution in [3.8, 4) is 0 Å². The number of benzene rings is 1. The first-order chi connectivity index (χ1) is 18.7. The van der Waals surface area contributed by atoms with Crippen LogP contribution >= 0.6 is 0 Å². The Morgan fingerprint density at radius 2 is 1.74 bits per heavy atom. The quantitative estimate of drug-likeness (QED) is 0.202. The summed E-state index contributed by atoms with van der Waals surface area (Å²) in [4.78, 5) is 42.0. The summed E-state index contributed by atoms with van der Waals surface area (Å²) < 4.78 is 5.36. The van der Waals surface area contributed by atoms with Gasteiger partial charge in [0.15, 0.2) is 0 Å². The molecule has 0 radical (unpaired) electrons. The molecule has 0 spiro atoms. The maximum atomic E-state index is 13.8. The van der Waals surface area contributed by atoms with Gasteiger partial charge >= 0.3 is 5.97 Å². The number of aryl methyl sites for hydroxylation is 1. The number of hydrogen-bond donors (Lipinski definition) is 1. The number of allylic oxidation sites excluding steroid dienone is 1. The summed E-state index contributed by atoms with van der Waals surface area (Å²) in [5.41, 5.74) is 1.14. The largest absolute Gasteiger partial charge is 0.468 e. The molecular formula is C33H50N2O4. The fourth-order valence-corrected chi connectivity index (χ4v) is 6.46. The van der Waals surface area contributed by atoms with Crippen LogP contribution in [0.25, 0.3) is 0 Å². The molecular weight excluding hydrogens is 488 g/mol. The summed E-state index contributed by atoms with van der Waals surface area (Å²) in [6.45, 7) is 7.71. The molecule has 216 valence electrons. The highest BCUT2D eigenvalue weighted by atomic mass is 16.5. The number of rotatable bonds is 15. The van der Waals surface area contributed by atoms with E-state index in [-0.39, 0.29) is 29.6 Å². The Morgan fingerprint density at radius 3 is 2.46 bits per heavy atom. The van der Waals surface area contributed by atoms with Gasteiger partial charge in [0.05, 0.1) is 7.11 Å². The first kappa shape index (κ1) is 30.9. The lowest BCUT2D eigenvalue weighted by Gasteiger charge is -2.51. The maximum Gasteiger partial charge on any atom is 0.317 e. The summed E-state index contributed by atoms with van der Waals surface area (Å²) in [5, 5.41) is 3.03. The Labute approximate surface area is 235 Å². The molecule has 1 heterocycles. The monoisotopic (exact) mass is 538 g/mol. The van der Waals surface area contributed by atoms with Crippen LogP contribution in [0.15, 0.2) is 42.1 Å². The molecule has 1 aliphatic carbocycles. The SMILES string of the molecule is CCCCCCCCN1C(=O)[C@@H](CC(=O)NCCCCc2ccccc2)C[C@@]2(C(=O)OC)CC(C)(C)CC=C12. The highest BCUT2D eigenvalue weighted by Gasteiger charge is 2.57. The Balaban J connectivity index is 1.66. The van der Waals surface area contributed by atoms with Crippen LogP contribution in [0.3, 0.4) is 0 Å². The second-order valence-electron chi connectivity index (χ2n) is 12.4. The Hall–Kier alpha value is -2.63. The number of nitrogens with zero attached hydrogens (tertiary/aromatic N) is 1. The van der Waals surface area contributed by atoms with Crippen LogP contribution in [0.4, 0.5) is 0 Å². The number of amides is 2. The van der Waals surface area contributed by atoms with Gasteiger partial charge in [0.25, 0.3) is 0 Å². The van der Waals surface area contributed by atoms with Gasteiger partial charge in [-0.05, 0) is 55.9 Å². The molecule has 0 saturated carbocycles. The number of nitrogens with one attached hydrogen (secondary N) is 1. The Kier molecular flexibility index (Phi) is 11.6. The molecule has 6 nitrogen and oxygen atoms in total. The third kappa shape index (κ3) is 8.43. The number of unbranched alkanes of at least 4 members (excludes halogenated alkanes) is 6. The van der Waals surface area contributed by atoms with Crippen molar-refractivity contribution in [3.63, 3.8) is 0 Å². The number of ether oxygens (including phenoxy) is 1. The predicted molar refractivity (Wildman–Crippen MR) is 156 cm³/mol. The zero-order valence-corrected chi connectivity index (χ0v) is 24.7. The molecule has 6 heteroatoms. The summed E-state index contributed by atoms with van der Waals surface area (Å²) in [6.07, 6.45) is 13.6. The van der Waals surface area contributed by atoms with Crippen LogP contribution in [0.1, 0.15) is 103 Å². The number of hydrogen-bond acceptors (Lipinski definition) is 4. The molecule has 1 aliphatic heterocycles. The van der Waals surface area contributed by atoms with E-state index in [1.807, 2.05) is 23.1 Å². The smallest absolute Gasteiger partial charge is 0.317 e.